The van der Waals surface area contributed by atoms with Gasteiger partial charge in [0.05, 0.1) is 6.04 Å². The predicted molar refractivity (Wildman–Crippen MR) is 62.6 cm³/mol. The van der Waals surface area contributed by atoms with E-state index < -0.39 is 0 Å². The number of rotatable bonds is 4. The maximum atomic E-state index is 13.6. The lowest BCUT2D eigenvalue weighted by Crippen LogP contribution is -2.22. The van der Waals surface area contributed by atoms with E-state index in [1.165, 1.54) is 6.07 Å². The van der Waals surface area contributed by atoms with Gasteiger partial charge in [-0.1, -0.05) is 30.7 Å². The largest absolute Gasteiger partial charge is 0.307 e. The van der Waals surface area contributed by atoms with Crippen LogP contribution in [0.2, 0.25) is 5.02 Å². The monoisotopic (exact) mass is 227 g/mol. The first-order valence-corrected chi connectivity index (χ1v) is 5.27. The zero-order valence-electron chi connectivity index (χ0n) is 8.98. The second kappa shape index (κ2) is 5.29. The van der Waals surface area contributed by atoms with Gasteiger partial charge >= 0.3 is 0 Å². The van der Waals surface area contributed by atoms with E-state index in [1.54, 1.807) is 12.1 Å². The van der Waals surface area contributed by atoms with Crippen molar-refractivity contribution < 1.29 is 4.39 Å². The molecule has 0 aliphatic carbocycles. The van der Waals surface area contributed by atoms with Gasteiger partial charge in [-0.25, -0.2) is 4.39 Å². The van der Waals surface area contributed by atoms with Crippen LogP contribution in [0.25, 0.3) is 0 Å². The molecule has 1 aromatic rings. The molecule has 0 saturated heterocycles. The third-order valence-corrected chi connectivity index (χ3v) is 2.41. The van der Waals surface area contributed by atoms with Gasteiger partial charge in [0.2, 0.25) is 0 Å². The number of hydrogen-bond acceptors (Lipinski definition) is 1. The number of halogens is 2. The normalized spacial score (nSPS) is 12.5. The Labute approximate surface area is 95.0 Å². The summed E-state index contributed by atoms with van der Waals surface area (Å²) in [5.74, 6) is -0.256. The van der Waals surface area contributed by atoms with Crippen molar-refractivity contribution in [3.8, 4) is 0 Å². The van der Waals surface area contributed by atoms with Gasteiger partial charge in [-0.2, -0.15) is 0 Å². The van der Waals surface area contributed by atoms with Crippen LogP contribution in [-0.4, -0.2) is 6.54 Å². The van der Waals surface area contributed by atoms with Crippen molar-refractivity contribution in [3.05, 3.63) is 46.8 Å². The van der Waals surface area contributed by atoms with Crippen LogP contribution in [0.15, 0.2) is 30.4 Å². The van der Waals surface area contributed by atoms with Gasteiger partial charge in [-0.05, 0) is 31.7 Å². The lowest BCUT2D eigenvalue weighted by atomic mass is 10.0. The number of nitrogens with one attached hydrogen (secondary N) is 1. The molecule has 1 unspecified atom stereocenters. The van der Waals surface area contributed by atoms with Gasteiger partial charge in [0, 0.05) is 10.6 Å². The second-order valence-electron chi connectivity index (χ2n) is 3.50. The van der Waals surface area contributed by atoms with Crippen LogP contribution in [0.3, 0.4) is 0 Å². The van der Waals surface area contributed by atoms with Crippen molar-refractivity contribution in [2.45, 2.75) is 19.9 Å². The van der Waals surface area contributed by atoms with E-state index >= 15 is 0 Å². The quantitative estimate of drug-likeness (QED) is 0.774. The zero-order chi connectivity index (χ0) is 11.4. The molecule has 0 aliphatic heterocycles. The highest BCUT2D eigenvalue weighted by Gasteiger charge is 2.15. The van der Waals surface area contributed by atoms with Crippen molar-refractivity contribution >= 4 is 11.6 Å². The average molecular weight is 228 g/mol. The molecule has 0 heterocycles. The molecule has 82 valence electrons. The minimum atomic E-state index is -0.256. The topological polar surface area (TPSA) is 12.0 Å². The van der Waals surface area contributed by atoms with E-state index in [9.17, 15) is 4.39 Å². The average Bonchev–Trinajstić information content (AvgIpc) is 2.18. The summed E-state index contributed by atoms with van der Waals surface area (Å²) in [6, 6.07) is 4.39. The molecule has 1 atom stereocenters. The van der Waals surface area contributed by atoms with Gasteiger partial charge in [0.15, 0.2) is 0 Å². The fraction of sp³-hybridized carbons (Fsp3) is 0.333. The molecule has 0 aromatic heterocycles. The zero-order valence-corrected chi connectivity index (χ0v) is 9.74. The summed E-state index contributed by atoms with van der Waals surface area (Å²) >= 11 is 5.84. The van der Waals surface area contributed by atoms with E-state index in [1.807, 2.05) is 13.8 Å². The molecule has 3 heteroatoms. The van der Waals surface area contributed by atoms with E-state index in [0.29, 0.717) is 10.6 Å². The molecule has 1 nitrogen and oxygen atoms in total. The van der Waals surface area contributed by atoms with Gasteiger partial charge in [-0.15, -0.1) is 0 Å². The van der Waals surface area contributed by atoms with E-state index in [4.69, 9.17) is 11.6 Å². The molecule has 0 aliphatic rings. The van der Waals surface area contributed by atoms with Gasteiger partial charge in [0.1, 0.15) is 5.82 Å². The summed E-state index contributed by atoms with van der Waals surface area (Å²) in [4.78, 5) is 0. The lowest BCUT2D eigenvalue weighted by Gasteiger charge is -2.19. The number of hydrogen-bond donors (Lipinski definition) is 1. The minimum absolute atomic E-state index is 0.173. The Morgan fingerprint density at radius 1 is 1.60 bits per heavy atom. The van der Waals surface area contributed by atoms with Crippen molar-refractivity contribution in [1.29, 1.82) is 0 Å². The summed E-state index contributed by atoms with van der Waals surface area (Å²) < 4.78 is 13.6. The predicted octanol–water partition coefficient (Wildman–Crippen LogP) is 3.71. The van der Waals surface area contributed by atoms with Gasteiger partial charge in [0.25, 0.3) is 0 Å². The molecule has 1 rings (SSSR count). The van der Waals surface area contributed by atoms with E-state index in [2.05, 4.69) is 11.9 Å². The number of likely N-dealkylation sites (N-methyl/N-ethyl adjacent to an activating group) is 1. The summed E-state index contributed by atoms with van der Waals surface area (Å²) in [6.45, 7) is 8.44. The first-order chi connectivity index (χ1) is 7.06. The van der Waals surface area contributed by atoms with Crippen LogP contribution in [0.5, 0.6) is 0 Å². The Bertz CT molecular complexity index is 363. The van der Waals surface area contributed by atoms with E-state index in [-0.39, 0.29) is 11.9 Å². The Balaban J connectivity index is 3.09. The fourth-order valence-electron chi connectivity index (χ4n) is 1.49. The molecular weight excluding hydrogens is 213 g/mol. The van der Waals surface area contributed by atoms with Crippen LogP contribution in [0, 0.1) is 5.82 Å². The van der Waals surface area contributed by atoms with Gasteiger partial charge in [-0.3, -0.25) is 0 Å². The highest BCUT2D eigenvalue weighted by atomic mass is 35.5. The van der Waals surface area contributed by atoms with Crippen molar-refractivity contribution in [2.75, 3.05) is 6.54 Å². The molecule has 0 fully saturated rings. The molecule has 1 N–H and O–H groups in total. The van der Waals surface area contributed by atoms with Gasteiger partial charge < -0.3 is 5.32 Å². The van der Waals surface area contributed by atoms with Crippen LogP contribution in [0.1, 0.15) is 25.5 Å². The maximum absolute atomic E-state index is 13.6. The molecule has 0 amide bonds. The Hall–Kier alpha value is -0.860. The molecule has 0 radical (unpaired) electrons. The standard InChI is InChI=1S/C12H15ClFN/c1-4-15-12(8(2)3)10-7-9(13)5-6-11(10)14/h5-7,12,15H,2,4H2,1,3H3. The van der Waals surface area contributed by atoms with Crippen LogP contribution < -0.4 is 5.32 Å². The summed E-state index contributed by atoms with van der Waals surface area (Å²) in [6.07, 6.45) is 0. The van der Waals surface area contributed by atoms with E-state index in [0.717, 1.165) is 12.1 Å². The molecule has 0 saturated carbocycles. The van der Waals surface area contributed by atoms with Crippen molar-refractivity contribution in [1.82, 2.24) is 5.32 Å². The third kappa shape index (κ3) is 3.05. The molecule has 15 heavy (non-hydrogen) atoms. The smallest absolute Gasteiger partial charge is 0.128 e. The summed E-state index contributed by atoms with van der Waals surface area (Å²) in [7, 11) is 0. The second-order valence-corrected chi connectivity index (χ2v) is 3.94. The maximum Gasteiger partial charge on any atom is 0.128 e. The molecule has 1 aromatic carbocycles. The molecular formula is C12H15ClFN. The first-order valence-electron chi connectivity index (χ1n) is 4.90. The fourth-order valence-corrected chi connectivity index (χ4v) is 1.67. The Morgan fingerprint density at radius 2 is 2.27 bits per heavy atom. The SMILES string of the molecule is C=C(C)C(NCC)c1cc(Cl)ccc1F. The Morgan fingerprint density at radius 3 is 2.80 bits per heavy atom. The number of benzene rings is 1. The third-order valence-electron chi connectivity index (χ3n) is 2.17. The first kappa shape index (κ1) is 12.2. The highest BCUT2D eigenvalue weighted by Crippen LogP contribution is 2.25. The summed E-state index contributed by atoms with van der Waals surface area (Å²) in [5, 5.41) is 3.71. The molecule has 0 bridgehead atoms. The van der Waals surface area contributed by atoms with Crippen LogP contribution in [0.4, 0.5) is 4.39 Å². The minimum Gasteiger partial charge on any atom is -0.307 e. The summed E-state index contributed by atoms with van der Waals surface area (Å²) in [5.41, 5.74) is 1.43. The van der Waals surface area contributed by atoms with Crippen molar-refractivity contribution in [3.63, 3.8) is 0 Å². The lowest BCUT2D eigenvalue weighted by molar-refractivity contribution is 0.554. The Kier molecular flexibility index (Phi) is 4.30. The highest BCUT2D eigenvalue weighted by molar-refractivity contribution is 6.30. The van der Waals surface area contributed by atoms with Crippen LogP contribution >= 0.6 is 11.6 Å². The molecule has 0 spiro atoms. The van der Waals surface area contributed by atoms with Crippen LogP contribution in [-0.2, 0) is 0 Å². The van der Waals surface area contributed by atoms with Crippen molar-refractivity contribution in [2.24, 2.45) is 0 Å².